The Morgan fingerprint density at radius 3 is 1.00 bits per heavy atom. The lowest BCUT2D eigenvalue weighted by molar-refractivity contribution is -0.987. The van der Waals surface area contributed by atoms with Crippen molar-refractivity contribution in [2.24, 2.45) is 5.92 Å². The van der Waals surface area contributed by atoms with Gasteiger partial charge in [0.1, 0.15) is 0 Å². The Labute approximate surface area is 99.4 Å². The third-order valence-electron chi connectivity index (χ3n) is 3.57. The molecule has 0 fully saturated rings. The number of nitrogens with zero attached hydrogens (tertiary/aromatic N) is 1. The molecule has 0 atom stereocenters. The first-order chi connectivity index (χ1) is 6.25. The fraction of sp³-hybridized carbons (Fsp3) is 1.00. The van der Waals surface area contributed by atoms with Crippen molar-refractivity contribution in [2.45, 2.75) is 73.5 Å². The highest BCUT2D eigenvalue weighted by Gasteiger charge is 2.38. The van der Waals surface area contributed by atoms with Gasteiger partial charge in [0, 0.05) is 14.3 Å². The summed E-state index contributed by atoms with van der Waals surface area (Å²) >= 11 is 0. The van der Waals surface area contributed by atoms with E-state index in [4.69, 9.17) is 0 Å². The predicted molar refractivity (Wildman–Crippen MR) is 71.1 cm³/mol. The quantitative estimate of drug-likeness (QED) is 0.483. The van der Waals surface area contributed by atoms with Gasteiger partial charge >= 0.3 is 0 Å². The van der Waals surface area contributed by atoms with Crippen LogP contribution in [0.3, 0.4) is 0 Å². The van der Waals surface area contributed by atoms with Crippen LogP contribution in [0.2, 0.25) is 0 Å². The van der Waals surface area contributed by atoms with Gasteiger partial charge in [0.2, 0.25) is 0 Å². The van der Waals surface area contributed by atoms with Crippen LogP contribution in [0.5, 0.6) is 0 Å². The van der Waals surface area contributed by atoms with Gasteiger partial charge in [-0.2, -0.15) is 0 Å². The summed E-state index contributed by atoms with van der Waals surface area (Å²) in [6.45, 7) is 20.1. The third kappa shape index (κ3) is 3.83. The Morgan fingerprint density at radius 1 is 0.667 bits per heavy atom. The zero-order valence-electron chi connectivity index (χ0n) is 12.0. The Hall–Kier alpha value is 0.0249. The van der Waals surface area contributed by atoms with Gasteiger partial charge < -0.3 is 4.48 Å². The molecule has 0 saturated carbocycles. The van der Waals surface area contributed by atoms with E-state index in [1.165, 1.54) is 11.0 Å². The van der Waals surface area contributed by atoms with Crippen LogP contribution in [-0.4, -0.2) is 37.6 Å². The lowest BCUT2D eigenvalue weighted by Crippen LogP contribution is -2.63. The summed E-state index contributed by atoms with van der Waals surface area (Å²) in [5, 5.41) is 0. The van der Waals surface area contributed by atoms with E-state index in [2.05, 4.69) is 55.4 Å². The number of quaternary nitrogens is 1. The summed E-state index contributed by atoms with van der Waals surface area (Å²) in [5.41, 5.74) is 0. The second kappa shape index (κ2) is 6.57. The fourth-order valence-corrected chi connectivity index (χ4v) is 3.05. The topological polar surface area (TPSA) is 0 Å². The van der Waals surface area contributed by atoms with Crippen LogP contribution in [0.4, 0.5) is 0 Å². The molecule has 0 saturated heterocycles. The second-order valence-electron chi connectivity index (χ2n) is 5.85. The van der Waals surface area contributed by atoms with E-state index in [1.54, 1.807) is 0 Å². The normalized spacial score (nSPS) is 12.8. The predicted octanol–water partition coefficient (Wildman–Crippen LogP) is 3.30. The molecule has 1 nitrogen and oxygen atoms in total. The number of hydrogen-bond donors (Lipinski definition) is 0. The summed E-state index contributed by atoms with van der Waals surface area (Å²) in [7, 11) is 0. The molecule has 0 unspecified atom stereocenters. The van der Waals surface area contributed by atoms with Crippen LogP contribution in [0.1, 0.15) is 55.4 Å². The minimum Gasteiger partial charge on any atom is -0.317 e. The molecule has 0 rings (SSSR count). The monoisotopic (exact) mass is 211 g/mol. The lowest BCUT2D eigenvalue weighted by Gasteiger charge is -2.50. The van der Waals surface area contributed by atoms with Crippen molar-refractivity contribution in [2.75, 3.05) is 6.54 Å². The number of hydrogen-bond acceptors (Lipinski definition) is 0. The molecule has 0 aromatic carbocycles. The lowest BCUT2D eigenvalue weighted by atomic mass is 10.0. The zero-order valence-corrected chi connectivity index (χ0v) is 12.0. The average molecular weight is 211 g/mol. The molecular formula is C13H30BN+. The standard InChI is InChI=1S/C13H30N.B/c1-10(2)9-14(11(3)4,12(5)6)13(7)8;/h10-13H,9H2,1-8H3;/q+1;. The molecule has 2 heteroatoms. The Balaban J connectivity index is 0. The highest BCUT2D eigenvalue weighted by molar-refractivity contribution is 5.75. The maximum Gasteiger partial charge on any atom is 0.0837 e. The van der Waals surface area contributed by atoms with E-state index >= 15 is 0 Å². The highest BCUT2D eigenvalue weighted by Crippen LogP contribution is 2.26. The van der Waals surface area contributed by atoms with Crippen LogP contribution >= 0.6 is 0 Å². The van der Waals surface area contributed by atoms with Crippen molar-refractivity contribution in [3.63, 3.8) is 0 Å². The maximum absolute atomic E-state index is 2.36. The van der Waals surface area contributed by atoms with Gasteiger partial charge in [-0.25, -0.2) is 0 Å². The van der Waals surface area contributed by atoms with Crippen molar-refractivity contribution < 1.29 is 4.48 Å². The van der Waals surface area contributed by atoms with Crippen molar-refractivity contribution in [1.29, 1.82) is 0 Å². The third-order valence-corrected chi connectivity index (χ3v) is 3.57. The largest absolute Gasteiger partial charge is 0.317 e. The molecule has 3 radical (unpaired) electrons. The van der Waals surface area contributed by atoms with E-state index < -0.39 is 0 Å². The van der Waals surface area contributed by atoms with Crippen LogP contribution in [0.25, 0.3) is 0 Å². The van der Waals surface area contributed by atoms with Crippen LogP contribution in [-0.2, 0) is 0 Å². The Bertz CT molecular complexity index is 140. The van der Waals surface area contributed by atoms with E-state index in [-0.39, 0.29) is 8.41 Å². The van der Waals surface area contributed by atoms with Gasteiger partial charge in [-0.05, 0) is 41.5 Å². The molecule has 0 bridgehead atoms. The molecule has 0 aromatic heterocycles. The zero-order chi connectivity index (χ0) is 11.5. The van der Waals surface area contributed by atoms with Crippen LogP contribution in [0.15, 0.2) is 0 Å². The SMILES string of the molecule is CC(C)C[N+](C(C)C)(C(C)C)C(C)C.[B]. The Morgan fingerprint density at radius 2 is 0.933 bits per heavy atom. The molecule has 0 N–H and O–H groups in total. The molecule has 89 valence electrons. The van der Waals surface area contributed by atoms with Crippen molar-refractivity contribution in [3.8, 4) is 0 Å². The van der Waals surface area contributed by atoms with Gasteiger partial charge in [0.25, 0.3) is 0 Å². The Kier molecular flexibility index (Phi) is 7.63. The molecule has 0 spiro atoms. The maximum atomic E-state index is 2.36. The van der Waals surface area contributed by atoms with Crippen molar-refractivity contribution in [1.82, 2.24) is 0 Å². The first-order valence-corrected chi connectivity index (χ1v) is 6.12. The summed E-state index contributed by atoms with van der Waals surface area (Å²) < 4.78 is 1.25. The average Bonchev–Trinajstić information content (AvgIpc) is 1.97. The van der Waals surface area contributed by atoms with Crippen molar-refractivity contribution >= 4 is 8.41 Å². The minimum absolute atomic E-state index is 0. The highest BCUT2D eigenvalue weighted by atomic mass is 15.4. The van der Waals surface area contributed by atoms with Gasteiger partial charge in [0.05, 0.1) is 24.7 Å². The summed E-state index contributed by atoms with van der Waals surface area (Å²) in [6, 6.07) is 2.16. The van der Waals surface area contributed by atoms with Crippen LogP contribution in [0, 0.1) is 5.92 Å². The minimum atomic E-state index is 0. The van der Waals surface area contributed by atoms with E-state index in [0.29, 0.717) is 0 Å². The molecule has 0 heterocycles. The molecule has 0 aliphatic heterocycles. The van der Waals surface area contributed by atoms with Crippen LogP contribution < -0.4 is 0 Å². The summed E-state index contributed by atoms with van der Waals surface area (Å²) in [6.07, 6.45) is 0. The van der Waals surface area contributed by atoms with E-state index in [9.17, 15) is 0 Å². The van der Waals surface area contributed by atoms with Gasteiger partial charge in [-0.1, -0.05) is 13.8 Å². The molecule has 15 heavy (non-hydrogen) atoms. The van der Waals surface area contributed by atoms with E-state index in [1.807, 2.05) is 0 Å². The van der Waals surface area contributed by atoms with E-state index in [0.717, 1.165) is 24.0 Å². The molecular weight excluding hydrogens is 181 g/mol. The smallest absolute Gasteiger partial charge is 0.0837 e. The first-order valence-electron chi connectivity index (χ1n) is 6.12. The molecule has 0 aliphatic rings. The summed E-state index contributed by atoms with van der Waals surface area (Å²) in [4.78, 5) is 0. The van der Waals surface area contributed by atoms with Gasteiger partial charge in [-0.15, -0.1) is 0 Å². The first kappa shape index (κ1) is 17.4. The second-order valence-corrected chi connectivity index (χ2v) is 5.85. The van der Waals surface area contributed by atoms with Crippen molar-refractivity contribution in [3.05, 3.63) is 0 Å². The molecule has 0 aromatic rings. The van der Waals surface area contributed by atoms with Gasteiger partial charge in [0.15, 0.2) is 0 Å². The molecule has 0 amide bonds. The number of rotatable bonds is 5. The summed E-state index contributed by atoms with van der Waals surface area (Å²) in [5.74, 6) is 0.780. The fourth-order valence-electron chi connectivity index (χ4n) is 3.05. The van der Waals surface area contributed by atoms with Gasteiger partial charge in [-0.3, -0.25) is 0 Å². The molecule has 0 aliphatic carbocycles.